The van der Waals surface area contributed by atoms with Gasteiger partial charge in [-0.15, -0.1) is 0 Å². The molecule has 5 nitrogen and oxygen atoms in total. The molecule has 0 fully saturated rings. The predicted octanol–water partition coefficient (Wildman–Crippen LogP) is 3.93. The number of amides is 3. The number of fused-ring (bicyclic) bond motifs is 1. The normalized spacial score (nSPS) is 13.1. The highest BCUT2D eigenvalue weighted by Crippen LogP contribution is 2.23. The van der Waals surface area contributed by atoms with E-state index >= 15 is 0 Å². The summed E-state index contributed by atoms with van der Waals surface area (Å²) >= 11 is 0. The zero-order valence-corrected chi connectivity index (χ0v) is 14.6. The van der Waals surface area contributed by atoms with E-state index in [2.05, 4.69) is 10.6 Å². The van der Waals surface area contributed by atoms with Gasteiger partial charge < -0.3 is 15.5 Å². The third-order valence-corrected chi connectivity index (χ3v) is 4.41. The predicted molar refractivity (Wildman–Crippen MR) is 99.7 cm³/mol. The maximum atomic E-state index is 12.2. The van der Waals surface area contributed by atoms with Crippen LogP contribution in [0.15, 0.2) is 42.5 Å². The Labute approximate surface area is 148 Å². The molecule has 0 aliphatic carbocycles. The first-order chi connectivity index (χ1) is 12.0. The van der Waals surface area contributed by atoms with Gasteiger partial charge in [0.15, 0.2) is 0 Å². The fourth-order valence-electron chi connectivity index (χ4n) is 3.09. The van der Waals surface area contributed by atoms with E-state index in [4.69, 9.17) is 0 Å². The minimum Gasteiger partial charge on any atom is -0.338 e. The SMILES string of the molecule is CCC(=O)N1CCc2ccc(NC(=O)Nc3cccc(C)c3)cc2C1. The van der Waals surface area contributed by atoms with Crippen molar-refractivity contribution in [3.05, 3.63) is 59.2 Å². The summed E-state index contributed by atoms with van der Waals surface area (Å²) < 4.78 is 0. The molecule has 0 atom stereocenters. The van der Waals surface area contributed by atoms with Crippen LogP contribution < -0.4 is 10.6 Å². The van der Waals surface area contributed by atoms with E-state index in [9.17, 15) is 9.59 Å². The Morgan fingerprint density at radius 3 is 2.52 bits per heavy atom. The molecule has 0 radical (unpaired) electrons. The van der Waals surface area contributed by atoms with Crippen LogP contribution in [-0.4, -0.2) is 23.4 Å². The molecule has 0 aromatic heterocycles. The van der Waals surface area contributed by atoms with Crippen molar-refractivity contribution in [2.75, 3.05) is 17.2 Å². The highest BCUT2D eigenvalue weighted by atomic mass is 16.2. The number of anilines is 2. The van der Waals surface area contributed by atoms with Gasteiger partial charge in [0.05, 0.1) is 0 Å². The van der Waals surface area contributed by atoms with Crippen LogP contribution in [0.3, 0.4) is 0 Å². The van der Waals surface area contributed by atoms with Gasteiger partial charge in [-0.25, -0.2) is 4.79 Å². The molecule has 0 saturated carbocycles. The van der Waals surface area contributed by atoms with E-state index in [0.29, 0.717) is 13.0 Å². The van der Waals surface area contributed by atoms with Crippen molar-refractivity contribution < 1.29 is 9.59 Å². The Morgan fingerprint density at radius 2 is 1.80 bits per heavy atom. The molecule has 25 heavy (non-hydrogen) atoms. The van der Waals surface area contributed by atoms with E-state index in [1.807, 2.05) is 61.2 Å². The van der Waals surface area contributed by atoms with E-state index in [0.717, 1.165) is 35.5 Å². The highest BCUT2D eigenvalue weighted by molar-refractivity contribution is 5.99. The van der Waals surface area contributed by atoms with Gasteiger partial charge in [-0.05, 0) is 54.3 Å². The molecule has 2 aromatic carbocycles. The van der Waals surface area contributed by atoms with Crippen molar-refractivity contribution in [3.8, 4) is 0 Å². The molecule has 2 aromatic rings. The average Bonchev–Trinajstić information content (AvgIpc) is 2.60. The summed E-state index contributed by atoms with van der Waals surface area (Å²) in [7, 11) is 0. The number of benzene rings is 2. The second kappa shape index (κ2) is 7.38. The van der Waals surface area contributed by atoms with Crippen LogP contribution in [0.25, 0.3) is 0 Å². The minimum atomic E-state index is -0.275. The molecule has 1 aliphatic rings. The molecule has 130 valence electrons. The number of aryl methyl sites for hydroxylation is 1. The van der Waals surface area contributed by atoms with E-state index < -0.39 is 0 Å². The van der Waals surface area contributed by atoms with E-state index in [1.165, 1.54) is 5.56 Å². The van der Waals surface area contributed by atoms with E-state index in [1.54, 1.807) is 0 Å². The van der Waals surface area contributed by atoms with Gasteiger partial charge in [0.2, 0.25) is 5.91 Å². The quantitative estimate of drug-likeness (QED) is 0.891. The molecule has 2 N–H and O–H groups in total. The van der Waals surface area contributed by atoms with Crippen LogP contribution >= 0.6 is 0 Å². The fraction of sp³-hybridized carbons (Fsp3) is 0.300. The van der Waals surface area contributed by atoms with Crippen LogP contribution in [0.1, 0.15) is 30.0 Å². The lowest BCUT2D eigenvalue weighted by Crippen LogP contribution is -2.35. The zero-order valence-electron chi connectivity index (χ0n) is 14.6. The van der Waals surface area contributed by atoms with Gasteiger partial charge in [0.25, 0.3) is 0 Å². The van der Waals surface area contributed by atoms with Gasteiger partial charge in [-0.1, -0.05) is 25.1 Å². The van der Waals surface area contributed by atoms with Crippen molar-refractivity contribution in [1.82, 2.24) is 4.90 Å². The average molecular weight is 337 g/mol. The lowest BCUT2D eigenvalue weighted by atomic mass is 9.99. The van der Waals surface area contributed by atoms with Crippen molar-refractivity contribution in [2.24, 2.45) is 0 Å². The first-order valence-corrected chi connectivity index (χ1v) is 8.59. The Hall–Kier alpha value is -2.82. The fourth-order valence-corrected chi connectivity index (χ4v) is 3.09. The third-order valence-electron chi connectivity index (χ3n) is 4.41. The van der Waals surface area contributed by atoms with Crippen LogP contribution in [0, 0.1) is 6.92 Å². The second-order valence-electron chi connectivity index (χ2n) is 6.35. The van der Waals surface area contributed by atoms with Crippen LogP contribution in [-0.2, 0) is 17.8 Å². The molecule has 0 unspecified atom stereocenters. The number of nitrogens with zero attached hydrogens (tertiary/aromatic N) is 1. The van der Waals surface area contributed by atoms with Crippen molar-refractivity contribution >= 4 is 23.3 Å². The monoisotopic (exact) mass is 337 g/mol. The maximum Gasteiger partial charge on any atom is 0.323 e. The van der Waals surface area contributed by atoms with Crippen LogP contribution in [0.5, 0.6) is 0 Å². The summed E-state index contributed by atoms with van der Waals surface area (Å²) in [6.07, 6.45) is 1.38. The number of rotatable bonds is 3. The lowest BCUT2D eigenvalue weighted by Gasteiger charge is -2.29. The Balaban J connectivity index is 1.68. The van der Waals surface area contributed by atoms with E-state index in [-0.39, 0.29) is 11.9 Å². The molecular formula is C20H23N3O2. The summed E-state index contributed by atoms with van der Waals surface area (Å²) in [4.78, 5) is 26.0. The third kappa shape index (κ3) is 4.18. The van der Waals surface area contributed by atoms with Gasteiger partial charge in [-0.3, -0.25) is 4.79 Å². The largest absolute Gasteiger partial charge is 0.338 e. The van der Waals surface area contributed by atoms with Gasteiger partial charge in [-0.2, -0.15) is 0 Å². The first kappa shape index (κ1) is 17.0. The number of hydrogen-bond donors (Lipinski definition) is 2. The van der Waals surface area contributed by atoms with Crippen LogP contribution in [0.4, 0.5) is 16.2 Å². The van der Waals surface area contributed by atoms with Crippen molar-refractivity contribution in [2.45, 2.75) is 33.2 Å². The number of urea groups is 1. The minimum absolute atomic E-state index is 0.168. The number of hydrogen-bond acceptors (Lipinski definition) is 2. The highest BCUT2D eigenvalue weighted by Gasteiger charge is 2.19. The standard InChI is InChI=1S/C20H23N3O2/c1-3-19(24)23-10-9-15-7-8-18(12-16(15)13-23)22-20(25)21-17-6-4-5-14(2)11-17/h4-8,11-12H,3,9-10,13H2,1-2H3,(H2,21,22,25). The molecule has 1 aliphatic heterocycles. The molecule has 0 spiro atoms. The van der Waals surface area contributed by atoms with Crippen molar-refractivity contribution in [3.63, 3.8) is 0 Å². The Morgan fingerprint density at radius 1 is 1.04 bits per heavy atom. The molecule has 5 heteroatoms. The number of carbonyl (C=O) groups excluding carboxylic acids is 2. The Kier molecular flexibility index (Phi) is 5.03. The molecule has 3 rings (SSSR count). The summed E-state index contributed by atoms with van der Waals surface area (Å²) in [5.74, 6) is 0.168. The summed E-state index contributed by atoms with van der Waals surface area (Å²) in [5, 5.41) is 5.70. The summed E-state index contributed by atoms with van der Waals surface area (Å²) in [6.45, 7) is 5.23. The molecule has 1 heterocycles. The number of nitrogens with one attached hydrogen (secondary N) is 2. The lowest BCUT2D eigenvalue weighted by molar-refractivity contribution is -0.131. The van der Waals surface area contributed by atoms with Gasteiger partial charge in [0, 0.05) is 30.9 Å². The molecule has 3 amide bonds. The van der Waals surface area contributed by atoms with Gasteiger partial charge in [0.1, 0.15) is 0 Å². The summed E-state index contributed by atoms with van der Waals surface area (Å²) in [5.41, 5.74) is 4.92. The topological polar surface area (TPSA) is 61.4 Å². The smallest absolute Gasteiger partial charge is 0.323 e. The molecular weight excluding hydrogens is 314 g/mol. The van der Waals surface area contributed by atoms with Crippen molar-refractivity contribution in [1.29, 1.82) is 0 Å². The Bertz CT molecular complexity index is 801. The first-order valence-electron chi connectivity index (χ1n) is 8.59. The molecule has 0 bridgehead atoms. The summed E-state index contributed by atoms with van der Waals surface area (Å²) in [6, 6.07) is 13.3. The van der Waals surface area contributed by atoms with Gasteiger partial charge >= 0.3 is 6.03 Å². The van der Waals surface area contributed by atoms with Crippen LogP contribution in [0.2, 0.25) is 0 Å². The second-order valence-corrected chi connectivity index (χ2v) is 6.35. The zero-order chi connectivity index (χ0) is 17.8. The maximum absolute atomic E-state index is 12.2. The molecule has 0 saturated heterocycles. The number of carbonyl (C=O) groups is 2.